The largest absolute Gasteiger partial charge is 0.390 e. The van der Waals surface area contributed by atoms with Crippen molar-refractivity contribution in [2.45, 2.75) is 65.6 Å². The van der Waals surface area contributed by atoms with Gasteiger partial charge >= 0.3 is 0 Å². The van der Waals surface area contributed by atoms with Gasteiger partial charge in [0.25, 0.3) is 0 Å². The lowest BCUT2D eigenvalue weighted by atomic mass is 9.85. The van der Waals surface area contributed by atoms with Crippen LogP contribution in [-0.2, 0) is 4.79 Å². The SMILES string of the molecule is CC(C)(O)CCCC(O)C(=O)C(C)(C)C. The first-order valence-electron chi connectivity index (χ1n) is 5.49. The van der Waals surface area contributed by atoms with E-state index in [1.54, 1.807) is 34.6 Å². The number of carbonyl (C=O) groups is 1. The van der Waals surface area contributed by atoms with Crippen molar-refractivity contribution in [2.24, 2.45) is 5.41 Å². The van der Waals surface area contributed by atoms with Gasteiger partial charge in [0.05, 0.1) is 5.60 Å². The second-order valence-corrected chi connectivity index (χ2v) is 5.83. The number of ketones is 1. The minimum absolute atomic E-state index is 0.127. The number of Topliss-reactive ketones (excluding diaryl/α,β-unsaturated/α-hetero) is 1. The van der Waals surface area contributed by atoms with Crippen molar-refractivity contribution in [3.63, 3.8) is 0 Å². The zero-order chi connectivity index (χ0) is 12.3. The molecule has 2 N–H and O–H groups in total. The molecule has 0 amide bonds. The second kappa shape index (κ2) is 5.08. The average molecular weight is 216 g/mol. The first-order chi connectivity index (χ1) is 6.54. The van der Waals surface area contributed by atoms with Crippen molar-refractivity contribution in [1.82, 2.24) is 0 Å². The van der Waals surface area contributed by atoms with Crippen LogP contribution in [0.2, 0.25) is 0 Å². The quantitative estimate of drug-likeness (QED) is 0.738. The van der Waals surface area contributed by atoms with Crippen LogP contribution >= 0.6 is 0 Å². The number of aliphatic hydroxyl groups excluding tert-OH is 1. The zero-order valence-electron chi connectivity index (χ0n) is 10.5. The molecule has 3 nitrogen and oxygen atoms in total. The molecule has 1 atom stereocenters. The van der Waals surface area contributed by atoms with Gasteiger partial charge in [-0.2, -0.15) is 0 Å². The zero-order valence-corrected chi connectivity index (χ0v) is 10.5. The van der Waals surface area contributed by atoms with E-state index in [9.17, 15) is 15.0 Å². The maximum atomic E-state index is 11.6. The lowest BCUT2D eigenvalue weighted by Crippen LogP contribution is -2.32. The van der Waals surface area contributed by atoms with Gasteiger partial charge in [-0.25, -0.2) is 0 Å². The molecule has 0 aromatic rings. The van der Waals surface area contributed by atoms with Gasteiger partial charge in [-0.15, -0.1) is 0 Å². The van der Waals surface area contributed by atoms with E-state index in [-0.39, 0.29) is 5.78 Å². The number of aliphatic hydroxyl groups is 2. The number of carbonyl (C=O) groups excluding carboxylic acids is 1. The van der Waals surface area contributed by atoms with Crippen molar-refractivity contribution in [1.29, 1.82) is 0 Å². The van der Waals surface area contributed by atoms with E-state index in [2.05, 4.69) is 0 Å². The fraction of sp³-hybridized carbons (Fsp3) is 0.917. The fourth-order valence-electron chi connectivity index (χ4n) is 1.36. The molecule has 0 rings (SSSR count). The molecule has 0 saturated heterocycles. The molecule has 0 fully saturated rings. The molecule has 3 heteroatoms. The lowest BCUT2D eigenvalue weighted by molar-refractivity contribution is -0.135. The van der Waals surface area contributed by atoms with Gasteiger partial charge in [0.15, 0.2) is 5.78 Å². The van der Waals surface area contributed by atoms with Crippen LogP contribution in [0.1, 0.15) is 53.9 Å². The Morgan fingerprint density at radius 2 is 1.67 bits per heavy atom. The summed E-state index contributed by atoms with van der Waals surface area (Å²) in [6.45, 7) is 8.85. The minimum Gasteiger partial charge on any atom is -0.390 e. The maximum absolute atomic E-state index is 11.6. The predicted molar refractivity (Wildman–Crippen MR) is 60.6 cm³/mol. The van der Waals surface area contributed by atoms with E-state index in [4.69, 9.17) is 0 Å². The standard InChI is InChI=1S/C12H24O3/c1-11(2,3)10(14)9(13)7-6-8-12(4,5)15/h9,13,15H,6-8H2,1-5H3. The van der Waals surface area contributed by atoms with Crippen molar-refractivity contribution in [2.75, 3.05) is 0 Å². The van der Waals surface area contributed by atoms with Crippen LogP contribution in [0.4, 0.5) is 0 Å². The first kappa shape index (κ1) is 14.6. The van der Waals surface area contributed by atoms with Gasteiger partial charge in [0.2, 0.25) is 0 Å². The Morgan fingerprint density at radius 3 is 2.00 bits per heavy atom. The molecular weight excluding hydrogens is 192 g/mol. The first-order valence-corrected chi connectivity index (χ1v) is 5.49. The molecule has 90 valence electrons. The van der Waals surface area contributed by atoms with Crippen molar-refractivity contribution < 1.29 is 15.0 Å². The molecule has 0 aliphatic carbocycles. The maximum Gasteiger partial charge on any atom is 0.166 e. The summed E-state index contributed by atoms with van der Waals surface area (Å²) in [6.07, 6.45) is 0.793. The summed E-state index contributed by atoms with van der Waals surface area (Å²) in [5, 5.41) is 19.1. The van der Waals surface area contributed by atoms with Crippen LogP contribution in [0.3, 0.4) is 0 Å². The van der Waals surface area contributed by atoms with Gasteiger partial charge < -0.3 is 10.2 Å². The Hall–Kier alpha value is -0.410. The van der Waals surface area contributed by atoms with Gasteiger partial charge in [-0.05, 0) is 33.1 Å². The van der Waals surface area contributed by atoms with Crippen LogP contribution in [0, 0.1) is 5.41 Å². The normalized spacial score (nSPS) is 15.1. The lowest BCUT2D eigenvalue weighted by Gasteiger charge is -2.22. The van der Waals surface area contributed by atoms with Crippen LogP contribution in [-0.4, -0.2) is 27.7 Å². The van der Waals surface area contributed by atoms with Gasteiger partial charge in [-0.3, -0.25) is 4.79 Å². The van der Waals surface area contributed by atoms with Crippen molar-refractivity contribution >= 4 is 5.78 Å². The summed E-state index contributed by atoms with van der Waals surface area (Å²) in [5.74, 6) is -0.127. The van der Waals surface area contributed by atoms with Crippen LogP contribution in [0.15, 0.2) is 0 Å². The van der Waals surface area contributed by atoms with E-state index in [0.29, 0.717) is 19.3 Å². The number of rotatable bonds is 5. The molecule has 0 spiro atoms. The summed E-state index contributed by atoms with van der Waals surface area (Å²) >= 11 is 0. The van der Waals surface area contributed by atoms with E-state index in [0.717, 1.165) is 0 Å². The van der Waals surface area contributed by atoms with E-state index in [1.165, 1.54) is 0 Å². The summed E-state index contributed by atoms with van der Waals surface area (Å²) in [4.78, 5) is 11.6. The molecule has 15 heavy (non-hydrogen) atoms. The number of hydrogen-bond donors (Lipinski definition) is 2. The van der Waals surface area contributed by atoms with Crippen molar-refractivity contribution in [3.05, 3.63) is 0 Å². The van der Waals surface area contributed by atoms with Gasteiger partial charge in [0.1, 0.15) is 6.10 Å². The Labute approximate surface area is 92.5 Å². The third-order valence-electron chi connectivity index (χ3n) is 2.31. The number of hydrogen-bond acceptors (Lipinski definition) is 3. The Bertz CT molecular complexity index is 208. The monoisotopic (exact) mass is 216 g/mol. The molecule has 1 unspecified atom stereocenters. The molecule has 0 aromatic heterocycles. The highest BCUT2D eigenvalue weighted by atomic mass is 16.3. The van der Waals surface area contributed by atoms with Crippen LogP contribution in [0.25, 0.3) is 0 Å². The molecule has 0 aliphatic heterocycles. The molecule has 0 heterocycles. The van der Waals surface area contributed by atoms with Gasteiger partial charge in [-0.1, -0.05) is 20.8 Å². The van der Waals surface area contributed by atoms with Crippen molar-refractivity contribution in [3.8, 4) is 0 Å². The highest BCUT2D eigenvalue weighted by molar-refractivity contribution is 5.87. The predicted octanol–water partition coefficient (Wildman–Crippen LogP) is 1.90. The second-order valence-electron chi connectivity index (χ2n) is 5.83. The van der Waals surface area contributed by atoms with Crippen LogP contribution < -0.4 is 0 Å². The molecule has 0 bridgehead atoms. The van der Waals surface area contributed by atoms with E-state index in [1.807, 2.05) is 0 Å². The van der Waals surface area contributed by atoms with E-state index >= 15 is 0 Å². The highest BCUT2D eigenvalue weighted by Gasteiger charge is 2.28. The van der Waals surface area contributed by atoms with E-state index < -0.39 is 17.1 Å². The summed E-state index contributed by atoms with van der Waals surface area (Å²) < 4.78 is 0. The third-order valence-corrected chi connectivity index (χ3v) is 2.31. The molecule has 0 aliphatic rings. The smallest absolute Gasteiger partial charge is 0.166 e. The Morgan fingerprint density at radius 1 is 1.20 bits per heavy atom. The Kier molecular flexibility index (Phi) is 4.94. The Balaban J connectivity index is 3.96. The minimum atomic E-state index is -0.896. The average Bonchev–Trinajstić information content (AvgIpc) is 1.98. The highest BCUT2D eigenvalue weighted by Crippen LogP contribution is 2.20. The topological polar surface area (TPSA) is 57.5 Å². The van der Waals surface area contributed by atoms with Gasteiger partial charge in [0, 0.05) is 5.41 Å². The molecule has 0 radical (unpaired) electrons. The van der Waals surface area contributed by atoms with Crippen LogP contribution in [0.5, 0.6) is 0 Å². The summed E-state index contributed by atoms with van der Waals surface area (Å²) in [7, 11) is 0. The molecular formula is C12H24O3. The summed E-state index contributed by atoms with van der Waals surface area (Å²) in [6, 6.07) is 0. The summed E-state index contributed by atoms with van der Waals surface area (Å²) in [5.41, 5.74) is -1.21. The molecule has 0 aromatic carbocycles. The molecule has 0 saturated carbocycles. The third kappa shape index (κ3) is 6.63. The fourth-order valence-corrected chi connectivity index (χ4v) is 1.36.